The van der Waals surface area contributed by atoms with Crippen LogP contribution in [0.15, 0.2) is 58.7 Å². The Bertz CT molecular complexity index is 918. The Hall–Kier alpha value is -3.21. The average Bonchev–Trinajstić information content (AvgIpc) is 2.58. The van der Waals surface area contributed by atoms with Gasteiger partial charge in [0.15, 0.2) is 5.96 Å². The Morgan fingerprint density at radius 3 is 2.30 bits per heavy atom. The molecular weight excluding hydrogens is 387 g/mol. The molecular formula is C18H16Cl2N6O. The van der Waals surface area contributed by atoms with Gasteiger partial charge in [0.2, 0.25) is 5.96 Å². The van der Waals surface area contributed by atoms with Crippen LogP contribution in [0.25, 0.3) is 11.1 Å². The second-order valence-electron chi connectivity index (χ2n) is 5.17. The summed E-state index contributed by atoms with van der Waals surface area (Å²) in [6.45, 7) is 0. The first-order valence-corrected chi connectivity index (χ1v) is 8.38. The van der Waals surface area contributed by atoms with Crippen molar-refractivity contribution in [2.75, 3.05) is 0 Å². The zero-order chi connectivity index (χ0) is 19.8. The maximum absolute atomic E-state index is 8.47. The molecule has 0 fully saturated rings. The maximum Gasteiger partial charge on any atom is 0.223 e. The van der Waals surface area contributed by atoms with Gasteiger partial charge in [-0.3, -0.25) is 0 Å². The lowest BCUT2D eigenvalue weighted by Gasteiger charge is -2.09. The monoisotopic (exact) mass is 402 g/mol. The van der Waals surface area contributed by atoms with Crippen molar-refractivity contribution in [2.24, 2.45) is 27.2 Å². The third kappa shape index (κ3) is 5.92. The number of rotatable bonds is 5. The fourth-order valence-electron chi connectivity index (χ4n) is 2.12. The minimum absolute atomic E-state index is 0.110. The lowest BCUT2D eigenvalue weighted by Crippen LogP contribution is -2.26. The zero-order valence-electron chi connectivity index (χ0n) is 14.1. The summed E-state index contributed by atoms with van der Waals surface area (Å²) in [4.78, 5) is 7.68. The van der Waals surface area contributed by atoms with Crippen LogP contribution in [-0.4, -0.2) is 11.9 Å². The van der Waals surface area contributed by atoms with Crippen molar-refractivity contribution >= 4 is 40.8 Å². The Morgan fingerprint density at radius 2 is 1.74 bits per heavy atom. The van der Waals surface area contributed by atoms with Crippen molar-refractivity contribution < 1.29 is 4.74 Å². The maximum atomic E-state index is 8.47. The van der Waals surface area contributed by atoms with E-state index >= 15 is 0 Å². The van der Waals surface area contributed by atoms with Gasteiger partial charge in [0.25, 0.3) is 0 Å². The van der Waals surface area contributed by atoms with Crippen LogP contribution >= 0.6 is 23.2 Å². The van der Waals surface area contributed by atoms with Gasteiger partial charge in [-0.05, 0) is 35.9 Å². The molecule has 7 nitrogen and oxygen atoms in total. The highest BCUT2D eigenvalue weighted by atomic mass is 35.5. The topological polar surface area (TPSA) is 136 Å². The lowest BCUT2D eigenvalue weighted by molar-refractivity contribution is 0.480. The normalized spacial score (nSPS) is 11.2. The van der Waals surface area contributed by atoms with E-state index in [2.05, 4.69) is 9.98 Å². The molecule has 0 aliphatic rings. The van der Waals surface area contributed by atoms with Gasteiger partial charge in [0.1, 0.15) is 5.75 Å². The van der Waals surface area contributed by atoms with Crippen LogP contribution in [0.5, 0.6) is 5.75 Å². The number of allylic oxidation sites excluding steroid dienone is 1. The molecule has 0 radical (unpaired) electrons. The lowest BCUT2D eigenvalue weighted by atomic mass is 10.0. The summed E-state index contributed by atoms with van der Waals surface area (Å²) in [6, 6.07) is 12.4. The predicted molar refractivity (Wildman–Crippen MR) is 109 cm³/mol. The third-order valence-electron chi connectivity index (χ3n) is 3.17. The minimum Gasteiger partial charge on any atom is -0.465 e. The van der Waals surface area contributed by atoms with Crippen LogP contribution in [0.2, 0.25) is 10.0 Å². The van der Waals surface area contributed by atoms with Crippen LogP contribution in [0.4, 0.5) is 5.69 Å². The van der Waals surface area contributed by atoms with Crippen LogP contribution in [-0.2, 0) is 0 Å². The van der Waals surface area contributed by atoms with E-state index in [0.717, 1.165) is 5.56 Å². The van der Waals surface area contributed by atoms with Crippen molar-refractivity contribution in [2.45, 2.75) is 6.42 Å². The van der Waals surface area contributed by atoms with E-state index in [4.69, 9.17) is 50.4 Å². The van der Waals surface area contributed by atoms with Crippen LogP contribution in [0.1, 0.15) is 6.42 Å². The Balaban J connectivity index is 2.26. The summed E-state index contributed by atoms with van der Waals surface area (Å²) in [5.74, 6) is 0.307. The molecule has 2 rings (SSSR count). The first-order valence-electron chi connectivity index (χ1n) is 7.62. The van der Waals surface area contributed by atoms with Crippen molar-refractivity contribution in [1.82, 2.24) is 0 Å². The van der Waals surface area contributed by atoms with Gasteiger partial charge in [0.05, 0.1) is 34.5 Å². The van der Waals surface area contributed by atoms with Crippen LogP contribution in [0, 0.1) is 11.3 Å². The quantitative estimate of drug-likeness (QED) is 0.397. The number of nitrogens with zero attached hydrogens (tertiary/aromatic N) is 3. The molecule has 2 aromatic rings. The highest BCUT2D eigenvalue weighted by molar-refractivity contribution is 6.39. The van der Waals surface area contributed by atoms with Crippen molar-refractivity contribution in [3.8, 4) is 22.9 Å². The molecule has 138 valence electrons. The number of nitriles is 1. The first-order chi connectivity index (χ1) is 12.9. The zero-order valence-corrected chi connectivity index (χ0v) is 15.6. The van der Waals surface area contributed by atoms with Gasteiger partial charge in [-0.25, -0.2) is 4.99 Å². The highest BCUT2D eigenvalue weighted by Gasteiger charge is 2.11. The third-order valence-corrected chi connectivity index (χ3v) is 3.76. The summed E-state index contributed by atoms with van der Waals surface area (Å²) < 4.78 is 5.39. The fourth-order valence-corrected chi connectivity index (χ4v) is 2.81. The molecule has 9 heteroatoms. The summed E-state index contributed by atoms with van der Waals surface area (Å²) in [5.41, 5.74) is 18.0. The molecule has 2 aromatic carbocycles. The molecule has 0 saturated carbocycles. The van der Waals surface area contributed by atoms with Gasteiger partial charge >= 0.3 is 0 Å². The number of halogens is 2. The molecule has 6 N–H and O–H groups in total. The van der Waals surface area contributed by atoms with E-state index in [1.165, 1.54) is 6.26 Å². The molecule has 0 atom stereocenters. The molecule has 0 aromatic heterocycles. The predicted octanol–water partition coefficient (Wildman–Crippen LogP) is 3.69. The molecule has 0 saturated heterocycles. The molecule has 0 bridgehead atoms. The van der Waals surface area contributed by atoms with Gasteiger partial charge in [-0.15, -0.1) is 0 Å². The van der Waals surface area contributed by atoms with Gasteiger partial charge in [0, 0.05) is 5.56 Å². The number of aliphatic imine (C=N–C) groups is 2. The number of hydrogen-bond acceptors (Lipinski definition) is 3. The Labute approximate surface area is 166 Å². The van der Waals surface area contributed by atoms with E-state index in [1.807, 2.05) is 18.2 Å². The van der Waals surface area contributed by atoms with Crippen LogP contribution in [0.3, 0.4) is 0 Å². The van der Waals surface area contributed by atoms with Gasteiger partial charge < -0.3 is 21.9 Å². The second-order valence-corrected chi connectivity index (χ2v) is 5.98. The molecule has 0 aliphatic carbocycles. The second kappa shape index (κ2) is 9.48. The number of ether oxygens (including phenoxy) is 1. The first kappa shape index (κ1) is 20.1. The molecule has 27 heavy (non-hydrogen) atoms. The Morgan fingerprint density at radius 1 is 1.11 bits per heavy atom. The smallest absolute Gasteiger partial charge is 0.223 e. The van der Waals surface area contributed by atoms with E-state index < -0.39 is 0 Å². The molecule has 0 unspecified atom stereocenters. The number of guanidine groups is 2. The molecule has 0 aliphatic heterocycles. The van der Waals surface area contributed by atoms with Crippen LogP contribution < -0.4 is 21.9 Å². The molecule has 0 heterocycles. The highest BCUT2D eigenvalue weighted by Crippen LogP contribution is 2.38. The average molecular weight is 403 g/mol. The summed E-state index contributed by atoms with van der Waals surface area (Å²) in [5, 5.41) is 9.25. The largest absolute Gasteiger partial charge is 0.465 e. The van der Waals surface area contributed by atoms with E-state index in [9.17, 15) is 0 Å². The van der Waals surface area contributed by atoms with E-state index in [-0.39, 0.29) is 18.3 Å². The molecule has 0 amide bonds. The summed E-state index contributed by atoms with van der Waals surface area (Å²) in [6.07, 6.45) is 3.37. The number of benzene rings is 2. The fraction of sp³-hybridized carbons (Fsp3) is 0.0556. The summed E-state index contributed by atoms with van der Waals surface area (Å²) in [7, 11) is 0. The SMILES string of the molecule is N#CC/C=C/Oc1ccc(-c2c(Cl)cc(N=C(N)N=C(N)N)cc2Cl)cc1. The van der Waals surface area contributed by atoms with Crippen molar-refractivity contribution in [1.29, 1.82) is 5.26 Å². The summed E-state index contributed by atoms with van der Waals surface area (Å²) >= 11 is 12.7. The standard InChI is InChI=1S/C18H16Cl2N6O/c19-14-9-12(25-18(24)26-17(22)23)10-15(20)16(14)11-3-5-13(6-4-11)27-8-2-1-7-21/h2-6,8-10H,1H2,(H6,22,23,24,25,26)/b8-2+. The molecule has 0 spiro atoms. The van der Waals surface area contributed by atoms with E-state index in [0.29, 0.717) is 27.0 Å². The Kier molecular flexibility index (Phi) is 7.06. The van der Waals surface area contributed by atoms with E-state index in [1.54, 1.807) is 30.3 Å². The number of hydrogen-bond donors (Lipinski definition) is 3. The minimum atomic E-state index is -0.199. The van der Waals surface area contributed by atoms with Gasteiger partial charge in [-0.2, -0.15) is 10.3 Å². The van der Waals surface area contributed by atoms with Crippen molar-refractivity contribution in [3.05, 3.63) is 58.8 Å². The van der Waals surface area contributed by atoms with Crippen molar-refractivity contribution in [3.63, 3.8) is 0 Å². The number of nitrogens with two attached hydrogens (primary N) is 3. The van der Waals surface area contributed by atoms with Gasteiger partial charge in [-0.1, -0.05) is 35.3 Å².